The van der Waals surface area contributed by atoms with Gasteiger partial charge in [0.25, 0.3) is 15.9 Å². The molecule has 1 aliphatic carbocycles. The highest BCUT2D eigenvalue weighted by Crippen LogP contribution is 2.46. The lowest BCUT2D eigenvalue weighted by molar-refractivity contribution is -0.141. The second-order valence-corrected chi connectivity index (χ2v) is 17.7. The lowest BCUT2D eigenvalue weighted by atomic mass is 10.0. The number of hydrogen-bond acceptors (Lipinski definition) is 9. The van der Waals surface area contributed by atoms with Gasteiger partial charge in [-0.3, -0.25) is 14.4 Å². The molecule has 14 nitrogen and oxygen atoms in total. The normalized spacial score (nSPS) is 25.9. The largest absolute Gasteiger partial charge is 0.444 e. The van der Waals surface area contributed by atoms with Crippen molar-refractivity contribution in [2.24, 2.45) is 5.92 Å². The Labute approximate surface area is 322 Å². The van der Waals surface area contributed by atoms with E-state index in [0.717, 1.165) is 29.5 Å². The molecule has 55 heavy (non-hydrogen) atoms. The van der Waals surface area contributed by atoms with E-state index in [1.54, 1.807) is 37.8 Å². The summed E-state index contributed by atoms with van der Waals surface area (Å²) in [4.78, 5) is 71.9. The monoisotopic (exact) mass is 777 g/mol. The highest BCUT2D eigenvalue weighted by atomic mass is 32.2. The smallest absolute Gasteiger partial charge is 0.410 e. The molecular formula is C40H51N5O9S. The second kappa shape index (κ2) is 16.0. The molecule has 0 bridgehead atoms. The molecule has 2 aromatic rings. The Morgan fingerprint density at radius 3 is 2.44 bits per heavy atom. The van der Waals surface area contributed by atoms with Crippen molar-refractivity contribution in [1.82, 2.24) is 25.2 Å². The number of rotatable bonds is 5. The number of fused-ring (bicyclic) bond motifs is 3. The number of hydrogen-bond donors (Lipinski definition) is 3. The topological polar surface area (TPSA) is 181 Å². The van der Waals surface area contributed by atoms with Crippen LogP contribution in [-0.4, -0.2) is 90.5 Å². The first-order valence-corrected chi connectivity index (χ1v) is 20.5. The van der Waals surface area contributed by atoms with Gasteiger partial charge in [0.15, 0.2) is 0 Å². The summed E-state index contributed by atoms with van der Waals surface area (Å²) in [5.41, 5.74) is 0.574. The number of sulfonamides is 1. The molecule has 0 radical (unpaired) electrons. The van der Waals surface area contributed by atoms with Crippen LogP contribution in [0.1, 0.15) is 82.4 Å². The number of allylic oxidation sites excluding steroid dienone is 1. The molecule has 3 aliphatic heterocycles. The lowest BCUT2D eigenvalue weighted by Crippen LogP contribution is -2.58. The van der Waals surface area contributed by atoms with Gasteiger partial charge in [0.2, 0.25) is 11.8 Å². The number of carbonyl (C=O) groups is 5. The predicted molar refractivity (Wildman–Crippen MR) is 202 cm³/mol. The Balaban J connectivity index is 1.26. The standard InChI is InChI=1S/C40H51N5O9S/c1-26-16-18-31(19-17-26)55(51,52)43-36(48)40-23-29(40)14-8-6-5-7-9-15-32(41-37(49)54-39(2,3)4)35(47)45-25-30(22-33(45)34(46)42-40)53-38(50)44-21-20-27-12-10-11-13-28(27)24-44/h8,10-14,16-19,29-30,32-33H,5-7,9,15,20-25H2,1-4H3,(H,41,49)(H,42,46)(H,43,48)/t29-,30-,32+,33+,40-/m1/s1. The third-order valence-electron chi connectivity index (χ3n) is 10.6. The minimum absolute atomic E-state index is 0.0766. The highest BCUT2D eigenvalue weighted by Gasteiger charge is 2.61. The van der Waals surface area contributed by atoms with E-state index in [9.17, 15) is 32.4 Å². The maximum Gasteiger partial charge on any atom is 0.410 e. The molecule has 2 fully saturated rings. The van der Waals surface area contributed by atoms with Crippen LogP contribution in [0.3, 0.4) is 0 Å². The van der Waals surface area contributed by atoms with E-state index in [1.807, 2.05) is 43.3 Å². The van der Waals surface area contributed by atoms with Gasteiger partial charge in [0, 0.05) is 25.4 Å². The summed E-state index contributed by atoms with van der Waals surface area (Å²) in [5, 5.41) is 5.53. The SMILES string of the molecule is Cc1ccc(S(=O)(=O)NC(=O)[C@@]23C[C@H]2C=CCCCCC[C@H](NC(=O)OC(C)(C)C)C(=O)N2C[C@H](OC(=O)N4CCc5ccccc5C4)C[C@H]2C(=O)N3)cc1. The average molecular weight is 778 g/mol. The summed E-state index contributed by atoms with van der Waals surface area (Å²) in [7, 11) is -4.28. The van der Waals surface area contributed by atoms with Crippen LogP contribution in [0.2, 0.25) is 0 Å². The first kappa shape index (κ1) is 39.8. The number of alkyl carbamates (subject to hydrolysis) is 1. The molecule has 6 rings (SSSR count). The molecule has 5 amide bonds. The van der Waals surface area contributed by atoms with Crippen LogP contribution in [0.5, 0.6) is 0 Å². The van der Waals surface area contributed by atoms with Crippen molar-refractivity contribution in [2.75, 3.05) is 13.1 Å². The molecule has 3 heterocycles. The van der Waals surface area contributed by atoms with Gasteiger partial charge in [0.1, 0.15) is 29.3 Å². The molecule has 5 atom stereocenters. The summed E-state index contributed by atoms with van der Waals surface area (Å²) in [6, 6.07) is 11.6. The highest BCUT2D eigenvalue weighted by molar-refractivity contribution is 7.90. The number of ether oxygens (including phenoxy) is 2. The number of nitrogens with zero attached hydrogens (tertiary/aromatic N) is 2. The molecular weight excluding hydrogens is 727 g/mol. The van der Waals surface area contributed by atoms with Gasteiger partial charge in [-0.15, -0.1) is 0 Å². The number of amides is 5. The van der Waals surface area contributed by atoms with Crippen LogP contribution in [0.4, 0.5) is 9.59 Å². The van der Waals surface area contributed by atoms with Crippen LogP contribution < -0.4 is 15.4 Å². The zero-order chi connectivity index (χ0) is 39.5. The van der Waals surface area contributed by atoms with Gasteiger partial charge in [-0.1, -0.05) is 67.0 Å². The van der Waals surface area contributed by atoms with Gasteiger partial charge in [-0.2, -0.15) is 0 Å². The van der Waals surface area contributed by atoms with E-state index in [-0.39, 0.29) is 30.7 Å². The molecule has 0 spiro atoms. The first-order chi connectivity index (χ1) is 26.0. The van der Waals surface area contributed by atoms with Crippen molar-refractivity contribution in [3.63, 3.8) is 0 Å². The number of carbonyl (C=O) groups excluding carboxylic acids is 5. The van der Waals surface area contributed by atoms with E-state index < -0.39 is 75.2 Å². The molecule has 2 aromatic carbocycles. The van der Waals surface area contributed by atoms with Gasteiger partial charge < -0.3 is 29.9 Å². The second-order valence-electron chi connectivity index (χ2n) is 16.0. The van der Waals surface area contributed by atoms with E-state index in [0.29, 0.717) is 32.4 Å². The van der Waals surface area contributed by atoms with E-state index in [1.165, 1.54) is 17.0 Å². The van der Waals surface area contributed by atoms with E-state index in [2.05, 4.69) is 15.4 Å². The summed E-state index contributed by atoms with van der Waals surface area (Å²) in [5.74, 6) is -2.66. The van der Waals surface area contributed by atoms with Crippen molar-refractivity contribution in [1.29, 1.82) is 0 Å². The third-order valence-corrected chi connectivity index (χ3v) is 11.9. The van der Waals surface area contributed by atoms with Crippen molar-refractivity contribution in [3.8, 4) is 0 Å². The van der Waals surface area contributed by atoms with Gasteiger partial charge in [-0.25, -0.2) is 22.7 Å². The van der Waals surface area contributed by atoms with Crippen molar-refractivity contribution >= 4 is 39.9 Å². The summed E-state index contributed by atoms with van der Waals surface area (Å²) in [6.07, 6.45) is 5.22. The Morgan fingerprint density at radius 1 is 0.982 bits per heavy atom. The molecule has 296 valence electrons. The lowest BCUT2D eigenvalue weighted by Gasteiger charge is -2.30. The van der Waals surface area contributed by atoms with Crippen LogP contribution in [0, 0.1) is 12.8 Å². The van der Waals surface area contributed by atoms with Crippen LogP contribution >= 0.6 is 0 Å². The van der Waals surface area contributed by atoms with E-state index >= 15 is 0 Å². The molecule has 3 N–H and O–H groups in total. The van der Waals surface area contributed by atoms with Crippen LogP contribution in [0.25, 0.3) is 0 Å². The minimum atomic E-state index is -4.28. The first-order valence-electron chi connectivity index (χ1n) is 19.0. The fourth-order valence-corrected chi connectivity index (χ4v) is 8.51. The van der Waals surface area contributed by atoms with Crippen LogP contribution in [0.15, 0.2) is 65.6 Å². The van der Waals surface area contributed by atoms with Gasteiger partial charge in [-0.05, 0) is 83.1 Å². The van der Waals surface area contributed by atoms with Gasteiger partial charge in [0.05, 0.1) is 11.4 Å². The maximum absolute atomic E-state index is 14.4. The molecule has 1 saturated heterocycles. The Bertz CT molecular complexity index is 1940. The average Bonchev–Trinajstić information content (AvgIpc) is 3.66. The fourth-order valence-electron chi connectivity index (χ4n) is 7.47. The number of benzene rings is 2. The summed E-state index contributed by atoms with van der Waals surface area (Å²) in [6.45, 7) is 7.60. The van der Waals surface area contributed by atoms with Gasteiger partial charge >= 0.3 is 12.2 Å². The quantitative estimate of drug-likeness (QED) is 0.374. The Morgan fingerprint density at radius 2 is 1.71 bits per heavy atom. The Kier molecular flexibility index (Phi) is 11.6. The molecule has 0 aromatic heterocycles. The predicted octanol–water partition coefficient (Wildman–Crippen LogP) is 4.25. The number of aryl methyl sites for hydroxylation is 1. The van der Waals surface area contributed by atoms with Crippen LogP contribution in [-0.2, 0) is 46.8 Å². The zero-order valence-electron chi connectivity index (χ0n) is 31.8. The molecule has 15 heteroatoms. The minimum Gasteiger partial charge on any atom is -0.444 e. The van der Waals surface area contributed by atoms with E-state index in [4.69, 9.17) is 9.47 Å². The third kappa shape index (κ3) is 9.49. The summed E-state index contributed by atoms with van der Waals surface area (Å²) >= 11 is 0. The van der Waals surface area contributed by atoms with Crippen molar-refractivity contribution in [3.05, 3.63) is 77.4 Å². The van der Waals surface area contributed by atoms with Crippen molar-refractivity contribution in [2.45, 2.75) is 120 Å². The fraction of sp³-hybridized carbons (Fsp3) is 0.525. The molecule has 4 aliphatic rings. The van der Waals surface area contributed by atoms with Crippen molar-refractivity contribution < 1.29 is 41.9 Å². The molecule has 0 unspecified atom stereocenters. The Hall–Kier alpha value is -4.92. The maximum atomic E-state index is 14.4. The number of nitrogens with one attached hydrogen (secondary N) is 3. The zero-order valence-corrected chi connectivity index (χ0v) is 32.7. The summed E-state index contributed by atoms with van der Waals surface area (Å²) < 4.78 is 40.2. The molecule has 1 saturated carbocycles.